The smallest absolute Gasteiger partial charge is 0.239 e. The van der Waals surface area contributed by atoms with Gasteiger partial charge in [-0.25, -0.2) is 0 Å². The molecule has 0 unspecified atom stereocenters. The molecular formula is C21H25N3O3. The van der Waals surface area contributed by atoms with Crippen LogP contribution >= 0.6 is 0 Å². The fourth-order valence-corrected chi connectivity index (χ4v) is 3.52. The summed E-state index contributed by atoms with van der Waals surface area (Å²) in [6.45, 7) is 3.12. The fraction of sp³-hybridized carbons (Fsp3) is 0.381. The topological polar surface area (TPSA) is 62.8 Å². The average Bonchev–Trinajstić information content (AvgIpc) is 3.19. The van der Waals surface area contributed by atoms with Gasteiger partial charge in [0, 0.05) is 19.6 Å². The molecule has 27 heavy (non-hydrogen) atoms. The molecule has 142 valence electrons. The highest BCUT2D eigenvalue weighted by Gasteiger charge is 2.15. The van der Waals surface area contributed by atoms with Gasteiger partial charge in [0.2, 0.25) is 12.7 Å². The predicted molar refractivity (Wildman–Crippen MR) is 105 cm³/mol. The zero-order valence-corrected chi connectivity index (χ0v) is 15.4. The van der Waals surface area contributed by atoms with Gasteiger partial charge in [-0.2, -0.15) is 0 Å². The van der Waals surface area contributed by atoms with Gasteiger partial charge in [-0.1, -0.05) is 18.2 Å². The van der Waals surface area contributed by atoms with Crippen LogP contribution in [0.25, 0.3) is 0 Å². The first-order chi connectivity index (χ1) is 13.3. The summed E-state index contributed by atoms with van der Waals surface area (Å²) < 4.78 is 10.7. The summed E-state index contributed by atoms with van der Waals surface area (Å²) in [6, 6.07) is 13.9. The van der Waals surface area contributed by atoms with Crippen LogP contribution in [0.1, 0.15) is 24.8 Å². The molecule has 6 heteroatoms. The van der Waals surface area contributed by atoms with Gasteiger partial charge < -0.3 is 25.0 Å². The molecule has 0 bridgehead atoms. The van der Waals surface area contributed by atoms with Crippen LogP contribution in [0.15, 0.2) is 42.5 Å². The lowest BCUT2D eigenvalue weighted by Crippen LogP contribution is -2.32. The molecule has 2 heterocycles. The Morgan fingerprint density at radius 3 is 2.70 bits per heavy atom. The summed E-state index contributed by atoms with van der Waals surface area (Å²) >= 11 is 0. The van der Waals surface area contributed by atoms with Gasteiger partial charge in [-0.3, -0.25) is 4.79 Å². The Balaban J connectivity index is 1.30. The standard InChI is InChI=1S/C21H25N3O3/c25-21(23-13-16-8-9-19-20(12-16)27-15-26-19)14-22-17-6-2-3-7-18(17)24-10-4-1-5-11-24/h2-3,6-9,12,22H,1,4-5,10-11,13-15H2,(H,23,25). The molecular weight excluding hydrogens is 342 g/mol. The first-order valence-corrected chi connectivity index (χ1v) is 9.53. The van der Waals surface area contributed by atoms with Crippen LogP contribution < -0.4 is 25.0 Å². The Kier molecular flexibility index (Phi) is 5.32. The van der Waals surface area contributed by atoms with Crippen LogP contribution in [-0.4, -0.2) is 32.3 Å². The summed E-state index contributed by atoms with van der Waals surface area (Å²) in [7, 11) is 0. The third-order valence-electron chi connectivity index (χ3n) is 4.97. The number of carbonyl (C=O) groups is 1. The van der Waals surface area contributed by atoms with Crippen LogP contribution in [0.5, 0.6) is 11.5 Å². The lowest BCUT2D eigenvalue weighted by molar-refractivity contribution is -0.119. The molecule has 2 N–H and O–H groups in total. The number of amides is 1. The highest BCUT2D eigenvalue weighted by Crippen LogP contribution is 2.32. The van der Waals surface area contributed by atoms with E-state index >= 15 is 0 Å². The van der Waals surface area contributed by atoms with Crippen molar-refractivity contribution in [2.45, 2.75) is 25.8 Å². The zero-order valence-electron chi connectivity index (χ0n) is 15.4. The maximum atomic E-state index is 12.3. The van der Waals surface area contributed by atoms with E-state index in [9.17, 15) is 4.79 Å². The number of benzene rings is 2. The summed E-state index contributed by atoms with van der Waals surface area (Å²) in [5.74, 6) is 1.44. The van der Waals surface area contributed by atoms with Crippen molar-refractivity contribution in [1.29, 1.82) is 0 Å². The van der Waals surface area contributed by atoms with Crippen molar-refractivity contribution in [3.63, 3.8) is 0 Å². The Bertz CT molecular complexity index is 803. The third-order valence-corrected chi connectivity index (χ3v) is 4.97. The highest BCUT2D eigenvalue weighted by molar-refractivity contribution is 5.82. The van der Waals surface area contributed by atoms with Gasteiger partial charge in [0.05, 0.1) is 17.9 Å². The molecule has 2 aliphatic heterocycles. The van der Waals surface area contributed by atoms with Crippen LogP contribution in [0.2, 0.25) is 0 Å². The Labute approximate surface area is 159 Å². The maximum Gasteiger partial charge on any atom is 0.239 e. The van der Waals surface area contributed by atoms with Crippen LogP contribution in [0.4, 0.5) is 11.4 Å². The van der Waals surface area contributed by atoms with Crippen molar-refractivity contribution in [3.05, 3.63) is 48.0 Å². The van der Waals surface area contributed by atoms with Crippen molar-refractivity contribution in [1.82, 2.24) is 5.32 Å². The first kappa shape index (κ1) is 17.5. The highest BCUT2D eigenvalue weighted by atomic mass is 16.7. The minimum atomic E-state index is -0.0406. The van der Waals surface area contributed by atoms with Gasteiger partial charge in [-0.05, 0) is 49.1 Å². The molecule has 2 aromatic rings. The number of ether oxygens (including phenoxy) is 2. The summed E-state index contributed by atoms with van der Waals surface area (Å²) in [4.78, 5) is 14.7. The van der Waals surface area contributed by atoms with Gasteiger partial charge >= 0.3 is 0 Å². The van der Waals surface area contributed by atoms with E-state index in [1.54, 1.807) is 0 Å². The van der Waals surface area contributed by atoms with E-state index in [1.165, 1.54) is 24.9 Å². The first-order valence-electron chi connectivity index (χ1n) is 9.53. The van der Waals surface area contributed by atoms with Crippen LogP contribution in [-0.2, 0) is 11.3 Å². The van der Waals surface area contributed by atoms with Gasteiger partial charge in [0.25, 0.3) is 0 Å². The number of hydrogen-bond acceptors (Lipinski definition) is 5. The predicted octanol–water partition coefficient (Wildman–Crippen LogP) is 3.13. The van der Waals surface area contributed by atoms with Gasteiger partial charge in [0.15, 0.2) is 11.5 Å². The Hall–Kier alpha value is -2.89. The fourth-order valence-electron chi connectivity index (χ4n) is 3.52. The van der Waals surface area contributed by atoms with Crippen molar-refractivity contribution >= 4 is 17.3 Å². The molecule has 1 amide bonds. The minimum Gasteiger partial charge on any atom is -0.454 e. The molecule has 0 atom stereocenters. The lowest BCUT2D eigenvalue weighted by Gasteiger charge is -2.30. The monoisotopic (exact) mass is 367 g/mol. The average molecular weight is 367 g/mol. The van der Waals surface area contributed by atoms with E-state index < -0.39 is 0 Å². The van der Waals surface area contributed by atoms with Gasteiger partial charge in [0.1, 0.15) is 0 Å². The quantitative estimate of drug-likeness (QED) is 0.821. The second-order valence-electron chi connectivity index (χ2n) is 6.88. The molecule has 6 nitrogen and oxygen atoms in total. The number of piperidine rings is 1. The van der Waals surface area contributed by atoms with E-state index in [2.05, 4.69) is 27.7 Å². The second kappa shape index (κ2) is 8.20. The van der Waals surface area contributed by atoms with Crippen LogP contribution in [0, 0.1) is 0 Å². The minimum absolute atomic E-state index is 0.0406. The second-order valence-corrected chi connectivity index (χ2v) is 6.88. The summed E-state index contributed by atoms with van der Waals surface area (Å²) in [6.07, 6.45) is 3.75. The molecule has 0 aliphatic carbocycles. The molecule has 0 radical (unpaired) electrons. The zero-order chi connectivity index (χ0) is 18.5. The number of fused-ring (bicyclic) bond motifs is 1. The molecule has 0 aromatic heterocycles. The number of nitrogens with zero attached hydrogens (tertiary/aromatic N) is 1. The number of rotatable bonds is 6. The number of carbonyl (C=O) groups excluding carboxylic acids is 1. The molecule has 2 aromatic carbocycles. The third kappa shape index (κ3) is 4.27. The number of nitrogens with one attached hydrogen (secondary N) is 2. The van der Waals surface area contributed by atoms with Crippen LogP contribution in [0.3, 0.4) is 0 Å². The van der Waals surface area contributed by atoms with E-state index in [4.69, 9.17) is 9.47 Å². The van der Waals surface area contributed by atoms with Crippen molar-refractivity contribution < 1.29 is 14.3 Å². The Morgan fingerprint density at radius 2 is 1.81 bits per heavy atom. The number of para-hydroxylation sites is 2. The van der Waals surface area contributed by atoms with Crippen molar-refractivity contribution in [2.24, 2.45) is 0 Å². The molecule has 0 spiro atoms. The van der Waals surface area contributed by atoms with Crippen molar-refractivity contribution in [3.8, 4) is 11.5 Å². The molecule has 1 fully saturated rings. The van der Waals surface area contributed by atoms with Crippen molar-refractivity contribution in [2.75, 3.05) is 36.6 Å². The van der Waals surface area contributed by atoms with E-state index in [1.807, 2.05) is 30.3 Å². The molecule has 4 rings (SSSR count). The van der Waals surface area contributed by atoms with E-state index in [0.29, 0.717) is 6.54 Å². The lowest BCUT2D eigenvalue weighted by atomic mass is 10.1. The maximum absolute atomic E-state index is 12.3. The van der Waals surface area contributed by atoms with E-state index in [-0.39, 0.29) is 19.2 Å². The number of hydrogen-bond donors (Lipinski definition) is 2. The molecule has 0 saturated carbocycles. The van der Waals surface area contributed by atoms with E-state index in [0.717, 1.165) is 35.8 Å². The largest absolute Gasteiger partial charge is 0.454 e. The van der Waals surface area contributed by atoms with Gasteiger partial charge in [-0.15, -0.1) is 0 Å². The molecule has 1 saturated heterocycles. The SMILES string of the molecule is O=C(CNc1ccccc1N1CCCCC1)NCc1ccc2c(c1)OCO2. The molecule has 2 aliphatic rings. The number of anilines is 2. The summed E-state index contributed by atoms with van der Waals surface area (Å²) in [5.41, 5.74) is 3.18. The normalized spacial score (nSPS) is 15.5. The Morgan fingerprint density at radius 1 is 1.00 bits per heavy atom. The summed E-state index contributed by atoms with van der Waals surface area (Å²) in [5, 5.41) is 6.24.